The van der Waals surface area contributed by atoms with Gasteiger partial charge in [-0.2, -0.15) is 5.26 Å². The topological polar surface area (TPSA) is 45.0 Å². The lowest BCUT2D eigenvalue weighted by Gasteiger charge is -2.35. The third-order valence-corrected chi connectivity index (χ3v) is 4.40. The lowest BCUT2D eigenvalue weighted by molar-refractivity contribution is 0.115. The SMILES string of the molecule is CNC1(C#N)CCCC(Oc2cccc(C(C)(C)C)c2)C1. The molecule has 1 saturated carbocycles. The van der Waals surface area contributed by atoms with Crippen molar-refractivity contribution in [3.05, 3.63) is 29.8 Å². The minimum absolute atomic E-state index is 0.112. The van der Waals surface area contributed by atoms with Crippen LogP contribution in [-0.4, -0.2) is 18.7 Å². The van der Waals surface area contributed by atoms with Crippen LogP contribution in [-0.2, 0) is 5.41 Å². The van der Waals surface area contributed by atoms with Crippen LogP contribution in [0, 0.1) is 11.3 Å². The molecule has 0 heterocycles. The van der Waals surface area contributed by atoms with Gasteiger partial charge >= 0.3 is 0 Å². The highest BCUT2D eigenvalue weighted by Gasteiger charge is 2.36. The van der Waals surface area contributed by atoms with Crippen molar-refractivity contribution in [2.45, 2.75) is 63.5 Å². The Labute approximate surface area is 128 Å². The van der Waals surface area contributed by atoms with Crippen molar-refractivity contribution in [3.63, 3.8) is 0 Å². The van der Waals surface area contributed by atoms with Crippen LogP contribution < -0.4 is 10.1 Å². The van der Waals surface area contributed by atoms with Gasteiger partial charge in [0.2, 0.25) is 0 Å². The maximum atomic E-state index is 9.41. The molecule has 114 valence electrons. The fourth-order valence-corrected chi connectivity index (χ4v) is 2.94. The zero-order valence-corrected chi connectivity index (χ0v) is 13.6. The molecule has 3 heteroatoms. The van der Waals surface area contributed by atoms with E-state index in [1.54, 1.807) is 0 Å². The minimum Gasteiger partial charge on any atom is -0.490 e. The quantitative estimate of drug-likeness (QED) is 0.919. The number of nitriles is 1. The maximum absolute atomic E-state index is 9.41. The van der Waals surface area contributed by atoms with Crippen molar-refractivity contribution in [2.24, 2.45) is 0 Å². The van der Waals surface area contributed by atoms with Crippen molar-refractivity contribution in [3.8, 4) is 11.8 Å². The van der Waals surface area contributed by atoms with Crippen LogP contribution >= 0.6 is 0 Å². The van der Waals surface area contributed by atoms with E-state index in [4.69, 9.17) is 4.74 Å². The van der Waals surface area contributed by atoms with Crippen molar-refractivity contribution in [1.82, 2.24) is 5.32 Å². The van der Waals surface area contributed by atoms with E-state index in [1.165, 1.54) is 5.56 Å². The van der Waals surface area contributed by atoms with Crippen LogP contribution in [0.3, 0.4) is 0 Å². The predicted molar refractivity (Wildman–Crippen MR) is 85.4 cm³/mol. The molecule has 0 aromatic heterocycles. The fraction of sp³-hybridized carbons (Fsp3) is 0.611. The summed E-state index contributed by atoms with van der Waals surface area (Å²) in [5.41, 5.74) is 0.966. The van der Waals surface area contributed by atoms with E-state index in [0.717, 1.165) is 31.4 Å². The summed E-state index contributed by atoms with van der Waals surface area (Å²) in [7, 11) is 1.87. The summed E-state index contributed by atoms with van der Waals surface area (Å²) in [5.74, 6) is 0.914. The van der Waals surface area contributed by atoms with Gasteiger partial charge in [-0.1, -0.05) is 32.9 Å². The Kier molecular flexibility index (Phi) is 4.58. The normalized spacial score (nSPS) is 26.1. The van der Waals surface area contributed by atoms with Gasteiger partial charge < -0.3 is 10.1 Å². The summed E-state index contributed by atoms with van der Waals surface area (Å²) in [6.07, 6.45) is 3.81. The van der Waals surface area contributed by atoms with Crippen LogP contribution in [0.2, 0.25) is 0 Å². The number of nitrogens with one attached hydrogen (secondary N) is 1. The van der Waals surface area contributed by atoms with E-state index in [-0.39, 0.29) is 11.5 Å². The van der Waals surface area contributed by atoms with Gasteiger partial charge in [-0.15, -0.1) is 0 Å². The average Bonchev–Trinajstić information content (AvgIpc) is 2.47. The summed E-state index contributed by atoms with van der Waals surface area (Å²) in [6.45, 7) is 6.61. The molecule has 0 amide bonds. The predicted octanol–water partition coefficient (Wildman–Crippen LogP) is 3.79. The standard InChI is InChI=1S/C18H26N2O/c1-17(2,3)14-7-5-8-15(11-14)21-16-9-6-10-18(12-16,13-19)20-4/h5,7-8,11,16,20H,6,9-10,12H2,1-4H3. The lowest BCUT2D eigenvalue weighted by atomic mass is 9.81. The fourth-order valence-electron chi connectivity index (χ4n) is 2.94. The molecule has 1 aliphatic rings. The molecule has 0 spiro atoms. The molecule has 21 heavy (non-hydrogen) atoms. The highest BCUT2D eigenvalue weighted by atomic mass is 16.5. The van der Waals surface area contributed by atoms with Crippen molar-refractivity contribution in [2.75, 3.05) is 7.05 Å². The third-order valence-electron chi connectivity index (χ3n) is 4.40. The van der Waals surface area contributed by atoms with Crippen LogP contribution in [0.4, 0.5) is 0 Å². The summed E-state index contributed by atoms with van der Waals surface area (Å²) in [6, 6.07) is 10.8. The van der Waals surface area contributed by atoms with E-state index < -0.39 is 5.54 Å². The third kappa shape index (κ3) is 3.77. The Morgan fingerprint density at radius 1 is 1.38 bits per heavy atom. The number of hydrogen-bond acceptors (Lipinski definition) is 3. The second-order valence-corrected chi connectivity index (χ2v) is 7.06. The number of hydrogen-bond donors (Lipinski definition) is 1. The molecule has 0 radical (unpaired) electrons. The second-order valence-electron chi connectivity index (χ2n) is 7.06. The van der Waals surface area contributed by atoms with E-state index in [1.807, 2.05) is 19.2 Å². The molecule has 2 unspecified atom stereocenters. The van der Waals surface area contributed by atoms with Crippen LogP contribution in [0.1, 0.15) is 52.0 Å². The molecule has 1 aromatic rings. The monoisotopic (exact) mass is 286 g/mol. The summed E-state index contributed by atoms with van der Waals surface area (Å²) >= 11 is 0. The van der Waals surface area contributed by atoms with Gasteiger partial charge in [-0.25, -0.2) is 0 Å². The minimum atomic E-state index is -0.426. The molecule has 1 aromatic carbocycles. The molecule has 0 saturated heterocycles. The van der Waals surface area contributed by atoms with Gasteiger partial charge in [-0.3, -0.25) is 0 Å². The second kappa shape index (κ2) is 6.07. The highest BCUT2D eigenvalue weighted by Crippen LogP contribution is 2.32. The highest BCUT2D eigenvalue weighted by molar-refractivity contribution is 5.33. The Balaban J connectivity index is 2.10. The van der Waals surface area contributed by atoms with E-state index in [0.29, 0.717) is 0 Å². The summed E-state index contributed by atoms with van der Waals surface area (Å²) < 4.78 is 6.16. The summed E-state index contributed by atoms with van der Waals surface area (Å²) in [5, 5.41) is 12.6. The molecule has 1 aliphatic carbocycles. The van der Waals surface area contributed by atoms with Crippen molar-refractivity contribution < 1.29 is 4.74 Å². The van der Waals surface area contributed by atoms with E-state index in [9.17, 15) is 5.26 Å². The zero-order chi connectivity index (χ0) is 15.5. The van der Waals surface area contributed by atoms with Gasteiger partial charge in [0.25, 0.3) is 0 Å². The van der Waals surface area contributed by atoms with Gasteiger partial charge in [0.15, 0.2) is 0 Å². The largest absolute Gasteiger partial charge is 0.490 e. The first-order valence-electron chi connectivity index (χ1n) is 7.76. The maximum Gasteiger partial charge on any atom is 0.120 e. The number of rotatable bonds is 3. The average molecular weight is 286 g/mol. The molecule has 0 bridgehead atoms. The Morgan fingerprint density at radius 2 is 2.14 bits per heavy atom. The lowest BCUT2D eigenvalue weighted by Crippen LogP contribution is -2.48. The van der Waals surface area contributed by atoms with Gasteiger partial charge in [0, 0.05) is 6.42 Å². The smallest absolute Gasteiger partial charge is 0.120 e. The first kappa shape index (κ1) is 15.9. The van der Waals surface area contributed by atoms with Crippen LogP contribution in [0.25, 0.3) is 0 Å². The molecular formula is C18H26N2O. The van der Waals surface area contributed by atoms with Gasteiger partial charge in [0.1, 0.15) is 17.4 Å². The zero-order valence-electron chi connectivity index (χ0n) is 13.6. The molecule has 2 rings (SSSR count). The first-order valence-corrected chi connectivity index (χ1v) is 7.76. The molecule has 1 fully saturated rings. The van der Waals surface area contributed by atoms with E-state index >= 15 is 0 Å². The van der Waals surface area contributed by atoms with Crippen molar-refractivity contribution in [1.29, 1.82) is 5.26 Å². The van der Waals surface area contributed by atoms with Crippen LogP contribution in [0.15, 0.2) is 24.3 Å². The number of ether oxygens (including phenoxy) is 1. The number of benzene rings is 1. The first-order chi connectivity index (χ1) is 9.88. The summed E-state index contributed by atoms with van der Waals surface area (Å²) in [4.78, 5) is 0. The Hall–Kier alpha value is -1.53. The van der Waals surface area contributed by atoms with Gasteiger partial charge in [-0.05, 0) is 49.4 Å². The molecule has 0 aliphatic heterocycles. The molecule has 2 atom stereocenters. The Bertz CT molecular complexity index is 527. The number of nitrogens with zero attached hydrogens (tertiary/aromatic N) is 1. The van der Waals surface area contributed by atoms with Crippen molar-refractivity contribution >= 4 is 0 Å². The molecular weight excluding hydrogens is 260 g/mol. The molecule has 1 N–H and O–H groups in total. The van der Waals surface area contributed by atoms with E-state index in [2.05, 4.69) is 44.3 Å². The Morgan fingerprint density at radius 3 is 2.76 bits per heavy atom. The van der Waals surface area contributed by atoms with Gasteiger partial charge in [0.05, 0.1) is 6.07 Å². The molecule has 3 nitrogen and oxygen atoms in total. The van der Waals surface area contributed by atoms with Crippen LogP contribution in [0.5, 0.6) is 5.75 Å².